The number of pyridine rings is 1. The van der Waals surface area contributed by atoms with E-state index in [1.54, 1.807) is 84.7 Å². The molecule has 0 atom stereocenters. The molecule has 3 heterocycles. The fourth-order valence-electron chi connectivity index (χ4n) is 3.96. The Kier molecular flexibility index (Phi) is 5.95. The van der Waals surface area contributed by atoms with Crippen LogP contribution in [0, 0.1) is 6.92 Å². The Balaban J connectivity index is 1.38. The zero-order valence-corrected chi connectivity index (χ0v) is 19.8. The molecule has 3 aromatic heterocycles. The molecule has 9 nitrogen and oxygen atoms in total. The molecule has 9 heteroatoms. The summed E-state index contributed by atoms with van der Waals surface area (Å²) in [5.41, 5.74) is 2.98. The van der Waals surface area contributed by atoms with Gasteiger partial charge in [-0.1, -0.05) is 12.1 Å². The Morgan fingerprint density at radius 3 is 2.50 bits per heavy atom. The van der Waals surface area contributed by atoms with E-state index in [0.717, 1.165) is 0 Å². The van der Waals surface area contributed by atoms with Gasteiger partial charge in [0.15, 0.2) is 11.4 Å². The lowest BCUT2D eigenvalue weighted by Crippen LogP contribution is -2.13. The lowest BCUT2D eigenvalue weighted by molar-refractivity contribution is 0.0736. The predicted molar refractivity (Wildman–Crippen MR) is 133 cm³/mol. The first-order valence-corrected chi connectivity index (χ1v) is 11.1. The molecule has 0 radical (unpaired) electrons. The summed E-state index contributed by atoms with van der Waals surface area (Å²) in [5, 5.41) is 7.83. The fraction of sp³-hybridized carbons (Fsp3) is 0.111. The number of aryl methyl sites for hydroxylation is 2. The SMILES string of the molecule is COc1ccccc1C(=O)Nc1ccc(OC(=O)c2cc(-c3ccco3)nc3c2c(C)nn3C)cc1. The number of para-hydroxylation sites is 1. The minimum absolute atomic E-state index is 0.311. The molecular weight excluding hydrogens is 460 g/mol. The normalized spacial score (nSPS) is 10.9. The van der Waals surface area contributed by atoms with Gasteiger partial charge in [-0.2, -0.15) is 5.10 Å². The third-order valence-corrected chi connectivity index (χ3v) is 5.64. The predicted octanol–water partition coefficient (Wildman–Crippen LogP) is 5.02. The average molecular weight is 482 g/mol. The van der Waals surface area contributed by atoms with Gasteiger partial charge in [0, 0.05) is 12.7 Å². The summed E-state index contributed by atoms with van der Waals surface area (Å²) in [7, 11) is 3.28. The Hall–Kier alpha value is -4.92. The number of furan rings is 1. The average Bonchev–Trinajstić information content (AvgIpc) is 3.53. The number of anilines is 1. The monoisotopic (exact) mass is 482 g/mol. The number of hydrogen-bond acceptors (Lipinski definition) is 7. The number of nitrogens with one attached hydrogen (secondary N) is 1. The van der Waals surface area contributed by atoms with Crippen molar-refractivity contribution in [2.75, 3.05) is 12.4 Å². The number of esters is 1. The number of nitrogens with zero attached hydrogens (tertiary/aromatic N) is 3. The summed E-state index contributed by atoms with van der Waals surface area (Å²) >= 11 is 0. The van der Waals surface area contributed by atoms with Crippen LogP contribution >= 0.6 is 0 Å². The molecule has 2 aromatic carbocycles. The van der Waals surface area contributed by atoms with Gasteiger partial charge in [0.05, 0.1) is 35.6 Å². The summed E-state index contributed by atoms with van der Waals surface area (Å²) < 4.78 is 18.0. The highest BCUT2D eigenvalue weighted by molar-refractivity contribution is 6.07. The van der Waals surface area contributed by atoms with Crippen molar-refractivity contribution in [2.24, 2.45) is 7.05 Å². The van der Waals surface area contributed by atoms with E-state index in [0.29, 0.717) is 56.5 Å². The van der Waals surface area contributed by atoms with Crippen LogP contribution in [0.3, 0.4) is 0 Å². The van der Waals surface area contributed by atoms with Gasteiger partial charge in [-0.05, 0) is 61.5 Å². The molecule has 0 aliphatic carbocycles. The number of amides is 1. The van der Waals surface area contributed by atoms with Gasteiger partial charge in [-0.3, -0.25) is 9.48 Å². The maximum absolute atomic E-state index is 13.2. The number of fused-ring (bicyclic) bond motifs is 1. The van der Waals surface area contributed by atoms with Crippen LogP contribution in [0.25, 0.3) is 22.5 Å². The van der Waals surface area contributed by atoms with E-state index in [1.165, 1.54) is 7.11 Å². The molecule has 1 amide bonds. The summed E-state index contributed by atoms with van der Waals surface area (Å²) in [4.78, 5) is 30.5. The number of methoxy groups -OCH3 is 1. The van der Waals surface area contributed by atoms with Crippen molar-refractivity contribution in [3.63, 3.8) is 0 Å². The van der Waals surface area contributed by atoms with E-state index in [4.69, 9.17) is 13.9 Å². The molecule has 0 fully saturated rings. The van der Waals surface area contributed by atoms with Gasteiger partial charge in [0.1, 0.15) is 17.2 Å². The van der Waals surface area contributed by atoms with Crippen LogP contribution in [-0.2, 0) is 7.05 Å². The molecule has 0 aliphatic rings. The Morgan fingerprint density at radius 2 is 1.78 bits per heavy atom. The number of aromatic nitrogens is 3. The summed E-state index contributed by atoms with van der Waals surface area (Å²) in [6.07, 6.45) is 1.54. The summed E-state index contributed by atoms with van der Waals surface area (Å²) in [6.45, 7) is 1.81. The molecule has 0 bridgehead atoms. The number of ether oxygens (including phenoxy) is 2. The van der Waals surface area contributed by atoms with E-state index < -0.39 is 5.97 Å². The van der Waals surface area contributed by atoms with Crippen LogP contribution in [0.15, 0.2) is 77.4 Å². The molecule has 180 valence electrons. The largest absolute Gasteiger partial charge is 0.496 e. The minimum atomic E-state index is -0.558. The number of benzene rings is 2. The first kappa shape index (κ1) is 22.9. The van der Waals surface area contributed by atoms with Crippen molar-refractivity contribution < 1.29 is 23.5 Å². The zero-order chi connectivity index (χ0) is 25.2. The maximum Gasteiger partial charge on any atom is 0.344 e. The van der Waals surface area contributed by atoms with Gasteiger partial charge in [-0.25, -0.2) is 9.78 Å². The van der Waals surface area contributed by atoms with Crippen LogP contribution in [-0.4, -0.2) is 33.8 Å². The van der Waals surface area contributed by atoms with E-state index in [1.807, 2.05) is 6.92 Å². The molecule has 0 saturated carbocycles. The third kappa shape index (κ3) is 4.29. The highest BCUT2D eigenvalue weighted by Gasteiger charge is 2.21. The summed E-state index contributed by atoms with van der Waals surface area (Å²) in [6, 6.07) is 18.6. The van der Waals surface area contributed by atoms with Crippen molar-refractivity contribution in [3.05, 3.63) is 89.8 Å². The molecule has 0 unspecified atom stereocenters. The molecule has 0 saturated heterocycles. The molecule has 0 spiro atoms. The van der Waals surface area contributed by atoms with E-state index in [-0.39, 0.29) is 5.91 Å². The van der Waals surface area contributed by atoms with E-state index >= 15 is 0 Å². The number of carbonyl (C=O) groups is 2. The fourth-order valence-corrected chi connectivity index (χ4v) is 3.96. The number of rotatable bonds is 6. The van der Waals surface area contributed by atoms with Crippen LogP contribution in [0.2, 0.25) is 0 Å². The van der Waals surface area contributed by atoms with Crippen molar-refractivity contribution >= 4 is 28.6 Å². The maximum atomic E-state index is 13.2. The number of hydrogen-bond donors (Lipinski definition) is 1. The van der Waals surface area contributed by atoms with Crippen molar-refractivity contribution in [2.45, 2.75) is 6.92 Å². The van der Waals surface area contributed by atoms with Crippen molar-refractivity contribution in [1.29, 1.82) is 0 Å². The standard InChI is InChI=1S/C27H22N4O5/c1-16-24-20(15-21(23-9-6-14-35-23)29-25(24)31(2)30-16)27(33)36-18-12-10-17(11-13-18)28-26(32)19-7-4-5-8-22(19)34-3/h4-15H,1-3H3,(H,28,32). The second-order valence-electron chi connectivity index (χ2n) is 8.01. The van der Waals surface area contributed by atoms with Crippen LogP contribution in [0.1, 0.15) is 26.4 Å². The molecule has 5 aromatic rings. The Morgan fingerprint density at radius 1 is 1.00 bits per heavy atom. The highest BCUT2D eigenvalue weighted by atomic mass is 16.5. The zero-order valence-electron chi connectivity index (χ0n) is 19.8. The number of carbonyl (C=O) groups excluding carboxylic acids is 2. The first-order chi connectivity index (χ1) is 17.4. The topological polar surface area (TPSA) is 108 Å². The minimum Gasteiger partial charge on any atom is -0.496 e. The van der Waals surface area contributed by atoms with Gasteiger partial charge in [-0.15, -0.1) is 0 Å². The lowest BCUT2D eigenvalue weighted by atomic mass is 10.1. The quantitative estimate of drug-likeness (QED) is 0.267. The summed E-state index contributed by atoms with van der Waals surface area (Å²) in [5.74, 6) is 0.455. The van der Waals surface area contributed by atoms with Crippen LogP contribution in [0.4, 0.5) is 5.69 Å². The van der Waals surface area contributed by atoms with Crippen molar-refractivity contribution in [3.8, 4) is 23.0 Å². The molecule has 5 rings (SSSR count). The van der Waals surface area contributed by atoms with Crippen LogP contribution in [0.5, 0.6) is 11.5 Å². The molecule has 0 aliphatic heterocycles. The van der Waals surface area contributed by atoms with Gasteiger partial charge in [0.25, 0.3) is 5.91 Å². The molecular formula is C27H22N4O5. The van der Waals surface area contributed by atoms with E-state index in [9.17, 15) is 9.59 Å². The lowest BCUT2D eigenvalue weighted by Gasteiger charge is -2.10. The first-order valence-electron chi connectivity index (χ1n) is 11.1. The second-order valence-corrected chi connectivity index (χ2v) is 8.01. The van der Waals surface area contributed by atoms with Gasteiger partial charge < -0.3 is 19.2 Å². The smallest absolute Gasteiger partial charge is 0.344 e. The van der Waals surface area contributed by atoms with E-state index in [2.05, 4.69) is 15.4 Å². The van der Waals surface area contributed by atoms with Gasteiger partial charge >= 0.3 is 5.97 Å². The molecule has 1 N–H and O–H groups in total. The van der Waals surface area contributed by atoms with Gasteiger partial charge in [0.2, 0.25) is 0 Å². The Labute approximate surface area is 206 Å². The third-order valence-electron chi connectivity index (χ3n) is 5.64. The Bertz CT molecular complexity index is 1570. The molecule has 36 heavy (non-hydrogen) atoms. The highest BCUT2D eigenvalue weighted by Crippen LogP contribution is 2.28. The van der Waals surface area contributed by atoms with Crippen LogP contribution < -0.4 is 14.8 Å². The van der Waals surface area contributed by atoms with Crippen molar-refractivity contribution in [1.82, 2.24) is 14.8 Å². The second kappa shape index (κ2) is 9.38.